The fourth-order valence-electron chi connectivity index (χ4n) is 4.00. The average Bonchev–Trinajstić information content (AvgIpc) is 3.05. The van der Waals surface area contributed by atoms with Gasteiger partial charge in [0.25, 0.3) is 5.91 Å². The van der Waals surface area contributed by atoms with Crippen molar-refractivity contribution in [1.82, 2.24) is 19.8 Å². The van der Waals surface area contributed by atoms with Gasteiger partial charge in [0.2, 0.25) is 0 Å². The predicted molar refractivity (Wildman–Crippen MR) is 91.2 cm³/mol. The maximum Gasteiger partial charge on any atom is 0.274 e. The summed E-state index contributed by atoms with van der Waals surface area (Å²) in [7, 11) is 0. The third kappa shape index (κ3) is 3.54. The number of likely N-dealkylation sites (tertiary alicyclic amines) is 2. The monoisotopic (exact) mass is 340 g/mol. The van der Waals surface area contributed by atoms with Crippen molar-refractivity contribution in [3.05, 3.63) is 59.9 Å². The summed E-state index contributed by atoms with van der Waals surface area (Å²) in [5.74, 6) is 0.904. The summed E-state index contributed by atoms with van der Waals surface area (Å²) in [5.41, 5.74) is 1.55. The molecule has 2 atom stereocenters. The van der Waals surface area contributed by atoms with Crippen LogP contribution in [-0.4, -0.2) is 51.9 Å². The minimum Gasteiger partial charge on any atom is -0.337 e. The Hall–Kier alpha value is -2.34. The molecule has 0 bridgehead atoms. The van der Waals surface area contributed by atoms with Gasteiger partial charge in [0.1, 0.15) is 11.5 Å². The van der Waals surface area contributed by atoms with Crippen LogP contribution in [0, 0.1) is 17.7 Å². The van der Waals surface area contributed by atoms with Crippen LogP contribution in [0.4, 0.5) is 4.39 Å². The van der Waals surface area contributed by atoms with Crippen LogP contribution in [0.3, 0.4) is 0 Å². The number of fused-ring (bicyclic) bond motifs is 1. The smallest absolute Gasteiger partial charge is 0.274 e. The van der Waals surface area contributed by atoms with E-state index in [1.165, 1.54) is 18.3 Å². The molecule has 4 rings (SSSR count). The van der Waals surface area contributed by atoms with Gasteiger partial charge < -0.3 is 4.90 Å². The molecule has 2 aliphatic heterocycles. The van der Waals surface area contributed by atoms with Crippen LogP contribution in [0.2, 0.25) is 0 Å². The quantitative estimate of drug-likeness (QED) is 0.860. The molecule has 6 heteroatoms. The summed E-state index contributed by atoms with van der Waals surface area (Å²) in [6.07, 6.45) is 5.69. The Morgan fingerprint density at radius 2 is 1.92 bits per heavy atom. The van der Waals surface area contributed by atoms with Crippen LogP contribution in [0.25, 0.3) is 0 Å². The molecule has 130 valence electrons. The lowest BCUT2D eigenvalue weighted by Gasteiger charge is -2.34. The van der Waals surface area contributed by atoms with Crippen molar-refractivity contribution >= 4 is 5.91 Å². The summed E-state index contributed by atoms with van der Waals surface area (Å²) < 4.78 is 13.0. The van der Waals surface area contributed by atoms with E-state index in [1.54, 1.807) is 12.4 Å². The number of hydrogen-bond acceptors (Lipinski definition) is 4. The molecule has 1 aromatic carbocycles. The van der Waals surface area contributed by atoms with Crippen molar-refractivity contribution < 1.29 is 9.18 Å². The summed E-state index contributed by atoms with van der Waals surface area (Å²) in [5, 5.41) is 0. The minimum absolute atomic E-state index is 0.0245. The van der Waals surface area contributed by atoms with Gasteiger partial charge in [0.05, 0.1) is 6.20 Å². The van der Waals surface area contributed by atoms with Crippen LogP contribution < -0.4 is 0 Å². The van der Waals surface area contributed by atoms with Gasteiger partial charge >= 0.3 is 0 Å². The zero-order valence-electron chi connectivity index (χ0n) is 14.0. The van der Waals surface area contributed by atoms with Crippen molar-refractivity contribution in [3.63, 3.8) is 0 Å². The molecule has 5 nitrogen and oxygen atoms in total. The van der Waals surface area contributed by atoms with Gasteiger partial charge in [-0.3, -0.25) is 14.7 Å². The van der Waals surface area contributed by atoms with Gasteiger partial charge in [-0.25, -0.2) is 9.37 Å². The van der Waals surface area contributed by atoms with E-state index in [-0.39, 0.29) is 11.7 Å². The standard InChI is InChI=1S/C19H21FN4O/c20-17-3-1-14(2-4-17)10-23-11-15-5-8-24(13-16(15)12-23)19(25)18-9-21-6-7-22-18/h1-4,6-7,9,15-16H,5,8,10-13H2/t15-,16-/m0/s1. The topological polar surface area (TPSA) is 49.3 Å². The lowest BCUT2D eigenvalue weighted by Crippen LogP contribution is -2.43. The molecule has 0 radical (unpaired) electrons. The first kappa shape index (κ1) is 16.1. The second kappa shape index (κ2) is 6.88. The van der Waals surface area contributed by atoms with Crippen molar-refractivity contribution in [1.29, 1.82) is 0 Å². The van der Waals surface area contributed by atoms with Crippen molar-refractivity contribution in [2.45, 2.75) is 13.0 Å². The van der Waals surface area contributed by atoms with Gasteiger partial charge in [0.15, 0.2) is 0 Å². The second-order valence-electron chi connectivity index (χ2n) is 6.97. The Morgan fingerprint density at radius 3 is 2.68 bits per heavy atom. The maximum atomic E-state index is 13.0. The normalized spacial score (nSPS) is 23.5. The molecular weight excluding hydrogens is 319 g/mol. The Kier molecular flexibility index (Phi) is 4.44. The highest BCUT2D eigenvalue weighted by atomic mass is 19.1. The van der Waals surface area contributed by atoms with E-state index in [1.807, 2.05) is 17.0 Å². The molecule has 2 aromatic rings. The van der Waals surface area contributed by atoms with E-state index < -0.39 is 0 Å². The highest BCUT2D eigenvalue weighted by Crippen LogP contribution is 2.32. The van der Waals surface area contributed by atoms with Crippen molar-refractivity contribution in [3.8, 4) is 0 Å². The van der Waals surface area contributed by atoms with Gasteiger partial charge in [-0.05, 0) is 36.0 Å². The molecule has 2 fully saturated rings. The summed E-state index contributed by atoms with van der Waals surface area (Å²) in [6, 6.07) is 6.72. The first-order valence-corrected chi connectivity index (χ1v) is 8.71. The number of amides is 1. The molecule has 3 heterocycles. The van der Waals surface area contributed by atoms with Gasteiger partial charge in [-0.1, -0.05) is 12.1 Å². The van der Waals surface area contributed by atoms with E-state index in [4.69, 9.17) is 0 Å². The lowest BCUT2D eigenvalue weighted by atomic mass is 9.88. The van der Waals surface area contributed by atoms with Gasteiger partial charge in [0, 0.05) is 45.1 Å². The fraction of sp³-hybridized carbons (Fsp3) is 0.421. The third-order valence-corrected chi connectivity index (χ3v) is 5.27. The number of halogens is 1. The number of benzene rings is 1. The van der Waals surface area contributed by atoms with Gasteiger partial charge in [-0.2, -0.15) is 0 Å². The Balaban J connectivity index is 1.37. The number of hydrogen-bond donors (Lipinski definition) is 0. The van der Waals surface area contributed by atoms with Crippen LogP contribution in [-0.2, 0) is 6.54 Å². The molecular formula is C19H21FN4O. The van der Waals surface area contributed by atoms with Crippen molar-refractivity contribution in [2.75, 3.05) is 26.2 Å². The highest BCUT2D eigenvalue weighted by molar-refractivity contribution is 5.92. The van der Waals surface area contributed by atoms with E-state index in [0.29, 0.717) is 17.5 Å². The molecule has 0 unspecified atom stereocenters. The fourth-order valence-corrected chi connectivity index (χ4v) is 4.00. The van der Waals surface area contributed by atoms with Crippen molar-refractivity contribution in [2.24, 2.45) is 11.8 Å². The Labute approximate surface area is 146 Å². The zero-order valence-corrected chi connectivity index (χ0v) is 14.0. The average molecular weight is 340 g/mol. The predicted octanol–water partition coefficient (Wildman–Crippen LogP) is 2.21. The van der Waals surface area contributed by atoms with Gasteiger partial charge in [-0.15, -0.1) is 0 Å². The molecule has 0 aliphatic carbocycles. The molecule has 2 saturated heterocycles. The first-order valence-electron chi connectivity index (χ1n) is 8.71. The highest BCUT2D eigenvalue weighted by Gasteiger charge is 2.38. The molecule has 0 spiro atoms. The third-order valence-electron chi connectivity index (χ3n) is 5.27. The number of carbonyl (C=O) groups is 1. The van der Waals surface area contributed by atoms with E-state index in [0.717, 1.165) is 44.7 Å². The molecule has 0 saturated carbocycles. The zero-order chi connectivity index (χ0) is 17.2. The first-order chi connectivity index (χ1) is 12.2. The number of aromatic nitrogens is 2. The summed E-state index contributed by atoms with van der Waals surface area (Å²) in [4.78, 5) is 25.0. The van der Waals surface area contributed by atoms with Crippen LogP contribution >= 0.6 is 0 Å². The SMILES string of the molecule is O=C(c1cnccn1)N1CC[C@H]2CN(Cc3ccc(F)cc3)C[C@H]2C1. The van der Waals surface area contributed by atoms with E-state index in [9.17, 15) is 9.18 Å². The van der Waals surface area contributed by atoms with E-state index >= 15 is 0 Å². The molecule has 1 amide bonds. The largest absolute Gasteiger partial charge is 0.337 e. The second-order valence-corrected chi connectivity index (χ2v) is 6.97. The van der Waals surface area contributed by atoms with Crippen LogP contribution in [0.1, 0.15) is 22.5 Å². The summed E-state index contributed by atoms with van der Waals surface area (Å²) in [6.45, 7) is 4.42. The number of rotatable bonds is 3. The number of nitrogens with zero attached hydrogens (tertiary/aromatic N) is 4. The molecule has 25 heavy (non-hydrogen) atoms. The van der Waals surface area contributed by atoms with Crippen LogP contribution in [0.15, 0.2) is 42.9 Å². The number of carbonyl (C=O) groups excluding carboxylic acids is 1. The number of piperidine rings is 1. The molecule has 2 aliphatic rings. The minimum atomic E-state index is -0.197. The molecule has 0 N–H and O–H groups in total. The maximum absolute atomic E-state index is 13.0. The Morgan fingerprint density at radius 1 is 1.12 bits per heavy atom. The lowest BCUT2D eigenvalue weighted by molar-refractivity contribution is 0.0635. The Bertz CT molecular complexity index is 737. The molecule has 1 aromatic heterocycles. The van der Waals surface area contributed by atoms with E-state index in [2.05, 4.69) is 14.9 Å². The van der Waals surface area contributed by atoms with Crippen LogP contribution in [0.5, 0.6) is 0 Å². The summed E-state index contributed by atoms with van der Waals surface area (Å²) >= 11 is 0.